The van der Waals surface area contributed by atoms with Crippen LogP contribution in [0.15, 0.2) is 28.7 Å². The highest BCUT2D eigenvalue weighted by molar-refractivity contribution is 5.98. The Morgan fingerprint density at radius 2 is 1.97 bits per heavy atom. The van der Waals surface area contributed by atoms with E-state index in [4.69, 9.17) is 14.9 Å². The van der Waals surface area contributed by atoms with Gasteiger partial charge >= 0.3 is 6.18 Å². The molecule has 10 heteroatoms. The van der Waals surface area contributed by atoms with Crippen LogP contribution in [-0.2, 0) is 6.18 Å². The van der Waals surface area contributed by atoms with Gasteiger partial charge in [-0.25, -0.2) is 9.97 Å². The fraction of sp³-hybridized carbons (Fsp3) is 0.381. The number of carbonyl (C=O) groups excluding carboxylic acids is 1. The van der Waals surface area contributed by atoms with Gasteiger partial charge in [0.2, 0.25) is 5.89 Å². The van der Waals surface area contributed by atoms with Gasteiger partial charge in [-0.05, 0) is 37.6 Å². The van der Waals surface area contributed by atoms with Gasteiger partial charge in [0.1, 0.15) is 17.0 Å². The van der Waals surface area contributed by atoms with E-state index in [0.29, 0.717) is 17.5 Å². The van der Waals surface area contributed by atoms with Gasteiger partial charge in [-0.2, -0.15) is 13.2 Å². The molecule has 0 aliphatic rings. The molecule has 3 rings (SSSR count). The van der Waals surface area contributed by atoms with Crippen molar-refractivity contribution < 1.29 is 27.1 Å². The van der Waals surface area contributed by atoms with Crippen molar-refractivity contribution in [2.24, 2.45) is 5.73 Å². The van der Waals surface area contributed by atoms with Gasteiger partial charge in [-0.1, -0.05) is 6.92 Å². The number of nitrogens with zero attached hydrogens (tertiary/aromatic N) is 3. The number of benzene rings is 1. The smallest absolute Gasteiger partial charge is 0.433 e. The van der Waals surface area contributed by atoms with E-state index in [2.05, 4.69) is 9.97 Å². The molecule has 0 aliphatic heterocycles. The monoisotopic (exact) mass is 436 g/mol. The molecule has 0 unspecified atom stereocenters. The summed E-state index contributed by atoms with van der Waals surface area (Å²) in [6, 6.07) is 4.61. The van der Waals surface area contributed by atoms with Crippen molar-refractivity contribution in [3.05, 3.63) is 41.4 Å². The summed E-state index contributed by atoms with van der Waals surface area (Å²) in [6.07, 6.45) is -3.85. The molecule has 0 bridgehead atoms. The molecule has 0 radical (unpaired) electrons. The fourth-order valence-corrected chi connectivity index (χ4v) is 3.23. The number of hydrogen-bond donors (Lipinski definition) is 1. The van der Waals surface area contributed by atoms with E-state index in [-0.39, 0.29) is 34.5 Å². The zero-order valence-corrected chi connectivity index (χ0v) is 17.6. The van der Waals surface area contributed by atoms with Gasteiger partial charge in [-0.3, -0.25) is 4.79 Å². The number of hydrogen-bond acceptors (Lipinski definition) is 6. The van der Waals surface area contributed by atoms with Crippen LogP contribution in [0.1, 0.15) is 48.3 Å². The molecule has 0 spiro atoms. The summed E-state index contributed by atoms with van der Waals surface area (Å²) in [7, 11) is 2.99. The highest BCUT2D eigenvalue weighted by Crippen LogP contribution is 2.37. The number of halogens is 3. The summed E-state index contributed by atoms with van der Waals surface area (Å²) in [4.78, 5) is 22.4. The lowest BCUT2D eigenvalue weighted by molar-refractivity contribution is -0.140. The van der Waals surface area contributed by atoms with Crippen LogP contribution in [0.4, 0.5) is 13.2 Å². The number of amides is 1. The van der Waals surface area contributed by atoms with Crippen molar-refractivity contribution in [2.75, 3.05) is 20.7 Å². The number of aromatic nitrogens is 2. The quantitative estimate of drug-likeness (QED) is 0.615. The van der Waals surface area contributed by atoms with Crippen molar-refractivity contribution >= 4 is 16.8 Å². The summed E-state index contributed by atoms with van der Waals surface area (Å²) in [5.74, 6) is 0.0869. The minimum atomic E-state index is -4.61. The molecule has 2 heterocycles. The molecule has 0 fully saturated rings. The largest absolute Gasteiger partial charge is 0.494 e. The van der Waals surface area contributed by atoms with Crippen LogP contribution in [-0.4, -0.2) is 41.5 Å². The van der Waals surface area contributed by atoms with E-state index in [1.807, 2.05) is 6.92 Å². The minimum absolute atomic E-state index is 0.00588. The summed E-state index contributed by atoms with van der Waals surface area (Å²) < 4.78 is 50.5. The molecule has 1 atom stereocenters. The molecule has 0 saturated heterocycles. The van der Waals surface area contributed by atoms with Crippen LogP contribution in [0.5, 0.6) is 5.75 Å². The molecule has 2 aromatic heterocycles. The predicted octanol–water partition coefficient (Wildman–Crippen LogP) is 4.42. The number of fused-ring (bicyclic) bond motifs is 1. The van der Waals surface area contributed by atoms with E-state index >= 15 is 0 Å². The lowest BCUT2D eigenvalue weighted by Gasteiger charge is -2.15. The Morgan fingerprint density at radius 3 is 2.55 bits per heavy atom. The first-order valence-electron chi connectivity index (χ1n) is 9.65. The van der Waals surface area contributed by atoms with Gasteiger partial charge in [0.15, 0.2) is 11.5 Å². The first-order chi connectivity index (χ1) is 14.6. The normalized spacial score (nSPS) is 12.8. The number of alkyl halides is 3. The van der Waals surface area contributed by atoms with E-state index in [1.165, 1.54) is 24.1 Å². The maximum Gasteiger partial charge on any atom is 0.433 e. The van der Waals surface area contributed by atoms with Crippen molar-refractivity contribution in [2.45, 2.75) is 32.5 Å². The summed E-state index contributed by atoms with van der Waals surface area (Å²) in [5, 5.41) is 0.339. The summed E-state index contributed by atoms with van der Waals surface area (Å²) >= 11 is 0. The number of nitrogens with two attached hydrogens (primary N) is 1. The van der Waals surface area contributed by atoms with Crippen molar-refractivity contribution in [1.82, 2.24) is 14.9 Å². The molecule has 166 valence electrons. The van der Waals surface area contributed by atoms with Gasteiger partial charge in [0.05, 0.1) is 13.2 Å². The second-order valence-electron chi connectivity index (χ2n) is 7.15. The van der Waals surface area contributed by atoms with Crippen LogP contribution in [0.3, 0.4) is 0 Å². The van der Waals surface area contributed by atoms with E-state index in [9.17, 15) is 18.0 Å². The van der Waals surface area contributed by atoms with Crippen LogP contribution in [0, 0.1) is 0 Å². The van der Waals surface area contributed by atoms with Gasteiger partial charge in [-0.15, -0.1) is 0 Å². The number of ether oxygens (including phenoxy) is 1. The number of rotatable bonds is 6. The average molecular weight is 436 g/mol. The van der Waals surface area contributed by atoms with Crippen molar-refractivity contribution in [1.29, 1.82) is 0 Å². The average Bonchev–Trinajstić information content (AvgIpc) is 3.17. The van der Waals surface area contributed by atoms with Crippen LogP contribution in [0.2, 0.25) is 0 Å². The second kappa shape index (κ2) is 8.54. The number of methoxy groups -OCH3 is 1. The number of carbonyl (C=O) groups is 1. The Kier molecular flexibility index (Phi) is 6.21. The molecule has 7 nitrogen and oxygen atoms in total. The molecular weight excluding hydrogens is 413 g/mol. The molecule has 31 heavy (non-hydrogen) atoms. The summed E-state index contributed by atoms with van der Waals surface area (Å²) in [6.45, 7) is 4.12. The zero-order valence-electron chi connectivity index (χ0n) is 17.6. The molecule has 2 N–H and O–H groups in total. The lowest BCUT2D eigenvalue weighted by Crippen LogP contribution is -2.29. The van der Waals surface area contributed by atoms with Crippen LogP contribution < -0.4 is 10.5 Å². The Bertz CT molecular complexity index is 1110. The van der Waals surface area contributed by atoms with Gasteiger partial charge < -0.3 is 19.8 Å². The number of pyridine rings is 1. The first-order valence-corrected chi connectivity index (χ1v) is 9.65. The maximum atomic E-state index is 13.2. The predicted molar refractivity (Wildman–Crippen MR) is 109 cm³/mol. The Balaban J connectivity index is 2.20. The van der Waals surface area contributed by atoms with E-state index in [0.717, 1.165) is 12.5 Å². The van der Waals surface area contributed by atoms with Crippen molar-refractivity contribution in [3.63, 3.8) is 0 Å². The maximum absolute atomic E-state index is 13.2. The zero-order chi connectivity index (χ0) is 22.9. The molecular formula is C21H23F3N4O3. The highest BCUT2D eigenvalue weighted by Gasteiger charge is 2.33. The number of oxazole rings is 1. The molecule has 0 aliphatic carbocycles. The van der Waals surface area contributed by atoms with Crippen LogP contribution >= 0.6 is 0 Å². The topological polar surface area (TPSA) is 94.5 Å². The second-order valence-corrected chi connectivity index (χ2v) is 7.15. The van der Waals surface area contributed by atoms with Gasteiger partial charge in [0.25, 0.3) is 5.91 Å². The third-order valence-corrected chi connectivity index (χ3v) is 4.74. The summed E-state index contributed by atoms with van der Waals surface area (Å²) in [5.41, 5.74) is 5.39. The Hall–Kier alpha value is -3.14. The van der Waals surface area contributed by atoms with Gasteiger partial charge in [0, 0.05) is 24.5 Å². The van der Waals surface area contributed by atoms with E-state index < -0.39 is 17.9 Å². The fourth-order valence-electron chi connectivity index (χ4n) is 3.23. The first kappa shape index (κ1) is 22.5. The highest BCUT2D eigenvalue weighted by atomic mass is 19.4. The molecule has 0 saturated carbocycles. The molecule has 1 aromatic carbocycles. The van der Waals surface area contributed by atoms with E-state index in [1.54, 1.807) is 20.0 Å². The van der Waals surface area contributed by atoms with Crippen molar-refractivity contribution in [3.8, 4) is 17.2 Å². The lowest BCUT2D eigenvalue weighted by atomic mass is 10.1. The minimum Gasteiger partial charge on any atom is -0.494 e. The Labute approximate surface area is 177 Å². The SMILES string of the molecule is CCCN(C)C(=O)c1nc(-c2ccc(OC)c3nc(C(F)(F)F)ccc23)oc1[C@H](C)N. The molecule has 1 amide bonds. The third kappa shape index (κ3) is 4.34. The Morgan fingerprint density at radius 1 is 1.26 bits per heavy atom. The van der Waals surface area contributed by atoms with Crippen LogP contribution in [0.25, 0.3) is 22.4 Å². The third-order valence-electron chi connectivity index (χ3n) is 4.74. The molecule has 3 aromatic rings. The standard InChI is InChI=1S/C21H23F3N4O3/c1-5-10-28(3)20(29)17-18(11(2)25)31-19(27-17)13-6-8-14(30-4)16-12(13)7-9-15(26-16)21(22,23)24/h6-9,11H,5,10,25H2,1-4H3/t11-/m0/s1.